The summed E-state index contributed by atoms with van der Waals surface area (Å²) in [7, 11) is 3.86. The van der Waals surface area contributed by atoms with E-state index in [9.17, 15) is 4.79 Å². The molecule has 2 aromatic heterocycles. The van der Waals surface area contributed by atoms with E-state index in [1.807, 2.05) is 32.0 Å². The summed E-state index contributed by atoms with van der Waals surface area (Å²) >= 11 is 6.16. The Kier molecular flexibility index (Phi) is 5.87. The number of nitrogens with zero attached hydrogens (tertiary/aromatic N) is 3. The van der Waals surface area contributed by atoms with Crippen LogP contribution >= 0.6 is 11.6 Å². The molecular weight excluding hydrogens is 388 g/mol. The minimum Gasteiger partial charge on any atom is -0.368 e. The van der Waals surface area contributed by atoms with Crippen LogP contribution < -0.4 is 11.5 Å². The van der Waals surface area contributed by atoms with Crippen molar-refractivity contribution in [2.75, 3.05) is 26.4 Å². The van der Waals surface area contributed by atoms with Crippen LogP contribution in [0.15, 0.2) is 30.5 Å². The number of hydrogen-bond donors (Lipinski definition) is 3. The van der Waals surface area contributed by atoms with E-state index < -0.39 is 5.91 Å². The molecule has 1 amide bonds. The molecule has 7 nitrogen and oxygen atoms in total. The van der Waals surface area contributed by atoms with Crippen molar-refractivity contribution in [3.05, 3.63) is 52.2 Å². The first-order chi connectivity index (χ1) is 13.8. The summed E-state index contributed by atoms with van der Waals surface area (Å²) in [6.07, 6.45) is 1.56. The van der Waals surface area contributed by atoms with Crippen LogP contribution in [0.25, 0.3) is 22.6 Å². The Hall–Kier alpha value is -3.34. The van der Waals surface area contributed by atoms with Gasteiger partial charge in [-0.05, 0) is 44.8 Å². The maximum Gasteiger partial charge on any atom is 0.250 e. The number of nitrogens with one attached hydrogen (secondary N) is 1. The van der Waals surface area contributed by atoms with Gasteiger partial charge in [0.1, 0.15) is 5.69 Å². The fraction of sp³-hybridized carbons (Fsp3) is 0.190. The SMILES string of the molecule is Cc1ccc(Cl)cc1-c1[nH]c(-c2nc(N)ncc2C#CCN(C)C)cc1C(N)=O. The Balaban J connectivity index is 2.18. The number of carbonyl (C=O) groups excluding carboxylic acids is 1. The van der Waals surface area contributed by atoms with E-state index in [4.69, 9.17) is 23.1 Å². The van der Waals surface area contributed by atoms with E-state index in [0.717, 1.165) is 11.1 Å². The lowest BCUT2D eigenvalue weighted by atomic mass is 10.0. The molecule has 0 atom stereocenters. The second kappa shape index (κ2) is 8.35. The number of hydrogen-bond acceptors (Lipinski definition) is 5. The lowest BCUT2D eigenvalue weighted by Crippen LogP contribution is -2.11. The molecular formula is C21H21ClN6O. The van der Waals surface area contributed by atoms with Crippen LogP contribution in [0.5, 0.6) is 0 Å². The number of halogens is 1. The first kappa shape index (κ1) is 20.4. The van der Waals surface area contributed by atoms with Crippen LogP contribution in [-0.2, 0) is 0 Å². The van der Waals surface area contributed by atoms with Crippen LogP contribution in [0, 0.1) is 18.8 Å². The van der Waals surface area contributed by atoms with E-state index in [-0.39, 0.29) is 5.95 Å². The van der Waals surface area contributed by atoms with Crippen molar-refractivity contribution < 1.29 is 4.79 Å². The Labute approximate surface area is 174 Å². The van der Waals surface area contributed by atoms with Crippen molar-refractivity contribution in [1.82, 2.24) is 19.9 Å². The molecule has 0 radical (unpaired) electrons. The summed E-state index contributed by atoms with van der Waals surface area (Å²) in [5.41, 5.74) is 15.7. The van der Waals surface area contributed by atoms with Crippen molar-refractivity contribution in [1.29, 1.82) is 0 Å². The Morgan fingerprint density at radius 2 is 2.07 bits per heavy atom. The molecule has 0 fully saturated rings. The average molecular weight is 409 g/mol. The zero-order valence-electron chi connectivity index (χ0n) is 16.4. The molecule has 3 aromatic rings. The van der Waals surface area contributed by atoms with E-state index in [1.165, 1.54) is 0 Å². The molecule has 29 heavy (non-hydrogen) atoms. The maximum absolute atomic E-state index is 12.1. The molecule has 0 aliphatic rings. The summed E-state index contributed by atoms with van der Waals surface area (Å²) in [4.78, 5) is 25.7. The zero-order valence-corrected chi connectivity index (χ0v) is 17.1. The predicted octanol–water partition coefficient (Wildman–Crippen LogP) is 2.69. The molecule has 0 saturated carbocycles. The van der Waals surface area contributed by atoms with Gasteiger partial charge >= 0.3 is 0 Å². The van der Waals surface area contributed by atoms with E-state index >= 15 is 0 Å². The third-order valence-electron chi connectivity index (χ3n) is 4.23. The zero-order chi connectivity index (χ0) is 21.1. The number of aromatic amines is 1. The highest BCUT2D eigenvalue weighted by Gasteiger charge is 2.19. The van der Waals surface area contributed by atoms with Gasteiger partial charge in [-0.25, -0.2) is 9.97 Å². The number of amides is 1. The topological polar surface area (TPSA) is 114 Å². The lowest BCUT2D eigenvalue weighted by Gasteiger charge is -2.07. The molecule has 0 unspecified atom stereocenters. The second-order valence-electron chi connectivity index (χ2n) is 6.83. The molecule has 0 aliphatic carbocycles. The van der Waals surface area contributed by atoms with Crippen LogP contribution in [-0.4, -0.2) is 46.4 Å². The van der Waals surface area contributed by atoms with E-state index in [1.54, 1.807) is 24.4 Å². The molecule has 8 heteroatoms. The molecule has 0 bridgehead atoms. The summed E-state index contributed by atoms with van der Waals surface area (Å²) in [6, 6.07) is 7.10. The number of H-pyrrole nitrogens is 1. The fourth-order valence-electron chi connectivity index (χ4n) is 2.84. The van der Waals surface area contributed by atoms with Gasteiger partial charge in [0, 0.05) is 16.8 Å². The predicted molar refractivity (Wildman–Crippen MR) is 115 cm³/mol. The standard InChI is InChI=1S/C21H21ClN6O/c1-12-6-7-14(22)9-15(12)19-16(20(23)29)10-17(26-19)18-13(5-4-8-28(2)3)11-25-21(24)27-18/h6-7,9-11,26H,8H2,1-3H3,(H2,23,29)(H2,24,25,27). The minimum atomic E-state index is -0.566. The number of nitrogens with two attached hydrogens (primary N) is 2. The smallest absolute Gasteiger partial charge is 0.250 e. The van der Waals surface area contributed by atoms with Gasteiger partial charge in [0.25, 0.3) is 5.91 Å². The van der Waals surface area contributed by atoms with Gasteiger partial charge in [0.15, 0.2) is 0 Å². The number of primary amides is 1. The highest BCUT2D eigenvalue weighted by molar-refractivity contribution is 6.31. The lowest BCUT2D eigenvalue weighted by molar-refractivity contribution is 0.100. The largest absolute Gasteiger partial charge is 0.368 e. The average Bonchev–Trinajstić information content (AvgIpc) is 3.10. The highest BCUT2D eigenvalue weighted by Crippen LogP contribution is 2.32. The van der Waals surface area contributed by atoms with Gasteiger partial charge < -0.3 is 16.5 Å². The Morgan fingerprint density at radius 1 is 1.31 bits per heavy atom. The van der Waals surface area contributed by atoms with Crippen molar-refractivity contribution in [2.45, 2.75) is 6.92 Å². The fourth-order valence-corrected chi connectivity index (χ4v) is 3.01. The molecule has 0 spiro atoms. The van der Waals surface area contributed by atoms with Crippen LogP contribution in [0.4, 0.5) is 5.95 Å². The molecule has 2 heterocycles. The Bertz CT molecular complexity index is 1140. The van der Waals surface area contributed by atoms with Gasteiger partial charge in [-0.1, -0.05) is 29.5 Å². The number of nitrogen functional groups attached to an aromatic ring is 1. The molecule has 3 rings (SSSR count). The van der Waals surface area contributed by atoms with Gasteiger partial charge in [0.2, 0.25) is 5.95 Å². The summed E-state index contributed by atoms with van der Waals surface area (Å²) in [5.74, 6) is 5.65. The number of aromatic nitrogens is 3. The van der Waals surface area contributed by atoms with Crippen LogP contribution in [0.1, 0.15) is 21.5 Å². The van der Waals surface area contributed by atoms with Crippen molar-refractivity contribution in [3.63, 3.8) is 0 Å². The number of carbonyl (C=O) groups is 1. The van der Waals surface area contributed by atoms with Gasteiger partial charge in [-0.15, -0.1) is 0 Å². The number of rotatable bonds is 4. The number of benzene rings is 1. The van der Waals surface area contributed by atoms with Gasteiger partial charge in [-0.2, -0.15) is 0 Å². The Morgan fingerprint density at radius 3 is 2.76 bits per heavy atom. The third kappa shape index (κ3) is 4.57. The number of aryl methyl sites for hydroxylation is 1. The first-order valence-electron chi connectivity index (χ1n) is 8.82. The molecule has 0 aliphatic heterocycles. The van der Waals surface area contributed by atoms with Gasteiger partial charge in [0.05, 0.1) is 29.1 Å². The summed E-state index contributed by atoms with van der Waals surface area (Å²) < 4.78 is 0. The first-order valence-corrected chi connectivity index (χ1v) is 9.20. The van der Waals surface area contributed by atoms with Crippen molar-refractivity contribution >= 4 is 23.5 Å². The van der Waals surface area contributed by atoms with Crippen LogP contribution in [0.3, 0.4) is 0 Å². The monoisotopic (exact) mass is 408 g/mol. The molecule has 0 saturated heterocycles. The minimum absolute atomic E-state index is 0.105. The van der Waals surface area contributed by atoms with E-state index in [2.05, 4.69) is 26.8 Å². The molecule has 148 valence electrons. The third-order valence-corrected chi connectivity index (χ3v) is 4.47. The van der Waals surface area contributed by atoms with Gasteiger partial charge in [-0.3, -0.25) is 9.69 Å². The summed E-state index contributed by atoms with van der Waals surface area (Å²) in [5, 5.41) is 0.554. The van der Waals surface area contributed by atoms with Crippen molar-refractivity contribution in [2.24, 2.45) is 5.73 Å². The molecule has 1 aromatic carbocycles. The summed E-state index contributed by atoms with van der Waals surface area (Å²) in [6.45, 7) is 2.51. The van der Waals surface area contributed by atoms with Crippen LogP contribution in [0.2, 0.25) is 5.02 Å². The van der Waals surface area contributed by atoms with E-state index in [0.29, 0.717) is 39.8 Å². The maximum atomic E-state index is 12.1. The van der Waals surface area contributed by atoms with Crippen molar-refractivity contribution in [3.8, 4) is 34.5 Å². The second-order valence-corrected chi connectivity index (χ2v) is 7.26. The highest BCUT2D eigenvalue weighted by atomic mass is 35.5. The molecule has 5 N–H and O–H groups in total. The number of anilines is 1. The normalized spacial score (nSPS) is 10.7. The quantitative estimate of drug-likeness (QED) is 0.574.